The Labute approximate surface area is 286 Å². The number of amides is 3. The summed E-state index contributed by atoms with van der Waals surface area (Å²) in [6.07, 6.45) is 0. The number of methoxy groups -OCH3 is 1. The Morgan fingerprint density at radius 2 is 1.58 bits per heavy atom. The number of nitrogens with one attached hydrogen (secondary N) is 1. The normalized spacial score (nSPS) is 18.5. The fourth-order valence-electron chi connectivity index (χ4n) is 6.69. The van der Waals surface area contributed by atoms with Crippen LogP contribution in [0.1, 0.15) is 30.2 Å². The molecule has 1 N–H and O–H groups in total. The van der Waals surface area contributed by atoms with E-state index in [1.165, 1.54) is 21.2 Å². The van der Waals surface area contributed by atoms with Crippen molar-refractivity contribution in [2.75, 3.05) is 35.3 Å². The number of nitrogens with zero attached hydrogens (tertiary/aromatic N) is 3. The van der Waals surface area contributed by atoms with Crippen molar-refractivity contribution in [1.82, 2.24) is 4.57 Å². The number of anilines is 3. The van der Waals surface area contributed by atoms with Gasteiger partial charge in [-0.1, -0.05) is 65.6 Å². The molecule has 0 saturated carbocycles. The number of aromatic nitrogens is 1. The van der Waals surface area contributed by atoms with Crippen molar-refractivity contribution in [2.24, 2.45) is 5.92 Å². The van der Waals surface area contributed by atoms with E-state index in [0.29, 0.717) is 27.0 Å². The number of hydrogen-bond donors (Lipinski definition) is 1. The first-order valence-corrected chi connectivity index (χ1v) is 17.6. The zero-order valence-electron chi connectivity index (χ0n) is 26.7. The number of rotatable bonds is 9. The molecule has 9 nitrogen and oxygen atoms in total. The van der Waals surface area contributed by atoms with E-state index in [0.717, 1.165) is 46.4 Å². The molecule has 0 bridgehead atoms. The Kier molecular flexibility index (Phi) is 8.57. The van der Waals surface area contributed by atoms with Crippen molar-refractivity contribution >= 4 is 68.7 Å². The fourth-order valence-corrected chi connectivity index (χ4v) is 9.47. The van der Waals surface area contributed by atoms with E-state index in [2.05, 4.69) is 24.1 Å². The molecular formula is C37H34N4O5S2. The van der Waals surface area contributed by atoms with Crippen LogP contribution in [-0.2, 0) is 20.9 Å². The molecule has 2 aliphatic heterocycles. The molecule has 4 aromatic carbocycles. The number of benzene rings is 4. The largest absolute Gasteiger partial charge is 0.497 e. The molecule has 3 atom stereocenters. The average Bonchev–Trinajstić information content (AvgIpc) is 3.55. The molecule has 11 heteroatoms. The van der Waals surface area contributed by atoms with E-state index in [4.69, 9.17) is 4.74 Å². The maximum atomic E-state index is 14.2. The molecular weight excluding hydrogens is 645 g/mol. The van der Waals surface area contributed by atoms with Gasteiger partial charge in [-0.3, -0.25) is 23.7 Å². The molecule has 1 fully saturated rings. The first kappa shape index (κ1) is 31.7. The van der Waals surface area contributed by atoms with Gasteiger partial charge < -0.3 is 15.0 Å². The molecule has 5 aromatic rings. The Morgan fingerprint density at radius 1 is 0.875 bits per heavy atom. The molecule has 3 amide bonds. The lowest BCUT2D eigenvalue weighted by Gasteiger charge is -2.31. The highest BCUT2D eigenvalue weighted by molar-refractivity contribution is 8.00. The molecule has 244 valence electrons. The molecule has 1 aromatic heterocycles. The van der Waals surface area contributed by atoms with Crippen molar-refractivity contribution in [2.45, 2.75) is 36.6 Å². The van der Waals surface area contributed by atoms with Crippen LogP contribution >= 0.6 is 23.1 Å². The summed E-state index contributed by atoms with van der Waals surface area (Å²) in [4.78, 5) is 59.2. The van der Waals surface area contributed by atoms with E-state index in [-0.39, 0.29) is 29.1 Å². The molecule has 2 aliphatic rings. The summed E-state index contributed by atoms with van der Waals surface area (Å²) in [5, 5.41) is 4.75. The highest BCUT2D eigenvalue weighted by atomic mass is 32.2. The maximum Gasteiger partial charge on any atom is 0.308 e. The second-order valence-electron chi connectivity index (χ2n) is 11.7. The lowest BCUT2D eigenvalue weighted by molar-refractivity contribution is -0.122. The van der Waals surface area contributed by atoms with Crippen molar-refractivity contribution in [3.63, 3.8) is 0 Å². The zero-order valence-corrected chi connectivity index (χ0v) is 28.3. The van der Waals surface area contributed by atoms with Gasteiger partial charge in [0, 0.05) is 35.3 Å². The summed E-state index contributed by atoms with van der Waals surface area (Å²) >= 11 is 2.25. The van der Waals surface area contributed by atoms with E-state index >= 15 is 0 Å². The van der Waals surface area contributed by atoms with Crippen LogP contribution in [0.4, 0.5) is 17.1 Å². The van der Waals surface area contributed by atoms with Crippen LogP contribution in [0.15, 0.2) is 101 Å². The lowest BCUT2D eigenvalue weighted by atomic mass is 9.83. The summed E-state index contributed by atoms with van der Waals surface area (Å²) < 4.78 is 6.73. The van der Waals surface area contributed by atoms with E-state index in [9.17, 15) is 19.2 Å². The standard InChI is InChI=1S/C37H34N4O5S2/c1-4-39(5-2)26-14-11-23(12-15-26)30-31-32(35(44)41(34(31)43)27-16-18-28(46-3)19-17-27)47-36-33(30)48-37(45)40(36)21-29(42)38-25-13-10-22-8-6-7-9-24(22)20-25/h6-20,30-32H,4-5,21H2,1-3H3,(H,38,42)/t30-,31-,32+/m0/s1. The topological polar surface area (TPSA) is 101 Å². The van der Waals surface area contributed by atoms with Crippen molar-refractivity contribution in [1.29, 1.82) is 0 Å². The van der Waals surface area contributed by atoms with Crippen LogP contribution in [0.3, 0.4) is 0 Å². The smallest absolute Gasteiger partial charge is 0.308 e. The highest BCUT2D eigenvalue weighted by Crippen LogP contribution is 2.54. The quantitative estimate of drug-likeness (QED) is 0.181. The van der Waals surface area contributed by atoms with Crippen molar-refractivity contribution < 1.29 is 19.1 Å². The molecule has 0 aliphatic carbocycles. The first-order chi connectivity index (χ1) is 23.3. The Balaban J connectivity index is 1.26. The summed E-state index contributed by atoms with van der Waals surface area (Å²) in [7, 11) is 1.56. The van der Waals surface area contributed by atoms with E-state index < -0.39 is 17.1 Å². The van der Waals surface area contributed by atoms with Crippen molar-refractivity contribution in [3.8, 4) is 5.75 Å². The molecule has 0 spiro atoms. The van der Waals surface area contributed by atoms with Gasteiger partial charge in [0.05, 0.1) is 23.7 Å². The third-order valence-electron chi connectivity index (χ3n) is 9.10. The van der Waals surface area contributed by atoms with E-state index in [1.807, 2.05) is 66.7 Å². The second kappa shape index (κ2) is 13.0. The van der Waals surface area contributed by atoms with Crippen LogP contribution < -0.4 is 24.7 Å². The number of thiazole rings is 1. The Bertz CT molecular complexity index is 2090. The van der Waals surface area contributed by atoms with Gasteiger partial charge in [-0.25, -0.2) is 4.90 Å². The van der Waals surface area contributed by atoms with Crippen LogP contribution in [-0.4, -0.2) is 47.7 Å². The van der Waals surface area contributed by atoms with Crippen molar-refractivity contribution in [3.05, 3.63) is 111 Å². The van der Waals surface area contributed by atoms with Gasteiger partial charge in [0.25, 0.3) is 0 Å². The summed E-state index contributed by atoms with van der Waals surface area (Å²) in [5.74, 6) is -1.67. The molecule has 3 heterocycles. The number of hydrogen-bond acceptors (Lipinski definition) is 8. The Hall–Kier alpha value is -4.87. The fraction of sp³-hybridized carbons (Fsp3) is 0.243. The first-order valence-electron chi connectivity index (χ1n) is 15.9. The maximum absolute atomic E-state index is 14.2. The summed E-state index contributed by atoms with van der Waals surface area (Å²) in [5.41, 5.74) is 2.98. The number of carbonyl (C=O) groups excluding carboxylic acids is 3. The van der Waals surface area contributed by atoms with Gasteiger partial charge in [0.1, 0.15) is 17.5 Å². The number of imide groups is 1. The van der Waals surface area contributed by atoms with Crippen LogP contribution in [0.2, 0.25) is 0 Å². The summed E-state index contributed by atoms with van der Waals surface area (Å²) in [6.45, 7) is 5.67. The lowest BCUT2D eigenvalue weighted by Crippen LogP contribution is -2.33. The highest BCUT2D eigenvalue weighted by Gasteiger charge is 2.56. The summed E-state index contributed by atoms with van der Waals surface area (Å²) in [6, 6.07) is 28.4. The van der Waals surface area contributed by atoms with Gasteiger partial charge in [-0.05, 0) is 78.7 Å². The van der Waals surface area contributed by atoms with Crippen LogP contribution in [0.5, 0.6) is 5.75 Å². The molecule has 0 radical (unpaired) electrons. The monoisotopic (exact) mass is 678 g/mol. The molecule has 1 saturated heterocycles. The SMILES string of the molecule is CCN(CC)c1ccc([C@@H]2c3sc(=O)n(CC(=O)Nc4ccc5ccccc5c4)c3S[C@H]3C(=O)N(c4ccc(OC)cc4)C(=O)[C@@H]23)cc1. The predicted molar refractivity (Wildman–Crippen MR) is 192 cm³/mol. The molecule has 7 rings (SSSR count). The van der Waals surface area contributed by atoms with Gasteiger partial charge in [-0.2, -0.15) is 0 Å². The van der Waals surface area contributed by atoms with Crippen LogP contribution in [0.25, 0.3) is 10.8 Å². The Morgan fingerprint density at radius 3 is 2.27 bits per heavy atom. The van der Waals surface area contributed by atoms with Gasteiger partial charge >= 0.3 is 4.87 Å². The number of ether oxygens (including phenoxy) is 1. The minimum absolute atomic E-state index is 0.222. The minimum atomic E-state index is -0.775. The molecule has 0 unspecified atom stereocenters. The third-order valence-corrected chi connectivity index (χ3v) is 11.7. The number of carbonyl (C=O) groups is 3. The van der Waals surface area contributed by atoms with Gasteiger partial charge in [0.2, 0.25) is 17.7 Å². The number of thioether (sulfide) groups is 1. The van der Waals surface area contributed by atoms with Gasteiger partial charge in [-0.15, -0.1) is 0 Å². The number of fused-ring (bicyclic) bond motifs is 3. The second-order valence-corrected chi connectivity index (χ2v) is 13.9. The van der Waals surface area contributed by atoms with E-state index in [1.54, 1.807) is 31.4 Å². The molecule has 48 heavy (non-hydrogen) atoms. The average molecular weight is 679 g/mol. The van der Waals surface area contributed by atoms with Gasteiger partial charge in [0.15, 0.2) is 0 Å². The zero-order chi connectivity index (χ0) is 33.5. The third kappa shape index (κ3) is 5.56. The predicted octanol–water partition coefficient (Wildman–Crippen LogP) is 6.35. The minimum Gasteiger partial charge on any atom is -0.497 e. The van der Waals surface area contributed by atoms with Crippen LogP contribution in [0, 0.1) is 5.92 Å².